The van der Waals surface area contributed by atoms with Crippen molar-refractivity contribution >= 4 is 40.9 Å². The standard InChI is InChI=1S/C31H35Cl2N5O4/c1-18(38-28(40)23-13-25(32)26(33)14-24(23)29(38)41)27(39)36-16-21(11-12-31(36,5)6)37-15-20(34-35-37)17-42-22-9-7-19(8-10-22)30(2,3)4/h7-10,13-15,18,21H,11-12,16-17H2,1-6H3. The topological polar surface area (TPSA) is 97.6 Å². The summed E-state index contributed by atoms with van der Waals surface area (Å²) in [5.74, 6) is -0.691. The lowest BCUT2D eigenvalue weighted by atomic mass is 9.87. The van der Waals surface area contributed by atoms with Gasteiger partial charge in [0.15, 0.2) is 0 Å². The number of benzene rings is 2. The van der Waals surface area contributed by atoms with Crippen LogP contribution in [0.5, 0.6) is 5.75 Å². The van der Waals surface area contributed by atoms with Gasteiger partial charge in [-0.2, -0.15) is 0 Å². The van der Waals surface area contributed by atoms with Crippen LogP contribution < -0.4 is 4.74 Å². The summed E-state index contributed by atoms with van der Waals surface area (Å²) >= 11 is 12.2. The van der Waals surface area contributed by atoms with E-state index in [0.717, 1.165) is 17.1 Å². The second-order valence-electron chi connectivity index (χ2n) is 12.7. The van der Waals surface area contributed by atoms with E-state index in [0.29, 0.717) is 18.7 Å². The monoisotopic (exact) mass is 611 g/mol. The van der Waals surface area contributed by atoms with E-state index in [1.165, 1.54) is 17.7 Å². The summed E-state index contributed by atoms with van der Waals surface area (Å²) in [4.78, 5) is 42.9. The summed E-state index contributed by atoms with van der Waals surface area (Å²) in [5.41, 5.74) is 1.77. The maximum absolute atomic E-state index is 13.9. The minimum absolute atomic E-state index is 0.0655. The Labute approximate surface area is 255 Å². The Bertz CT molecular complexity index is 1500. The molecule has 2 atom stereocenters. The number of amides is 3. The molecule has 9 nitrogen and oxygen atoms in total. The molecule has 0 bridgehead atoms. The lowest BCUT2D eigenvalue weighted by Gasteiger charge is -2.46. The SMILES string of the molecule is CC(C(=O)N1CC(n2cc(COc3ccc(C(C)(C)C)cc3)nn2)CCC1(C)C)N1C(=O)c2cc(Cl)c(Cl)cc2C1=O. The molecule has 2 aromatic carbocycles. The van der Waals surface area contributed by atoms with E-state index in [-0.39, 0.29) is 45.1 Å². The third-order valence-corrected chi connectivity index (χ3v) is 8.94. The molecule has 3 amide bonds. The van der Waals surface area contributed by atoms with Crippen molar-refractivity contribution in [3.8, 4) is 5.75 Å². The lowest BCUT2D eigenvalue weighted by Crippen LogP contribution is -2.59. The van der Waals surface area contributed by atoms with Crippen LogP contribution >= 0.6 is 23.2 Å². The third-order valence-electron chi connectivity index (χ3n) is 8.22. The zero-order chi connectivity index (χ0) is 30.6. The number of nitrogens with zero attached hydrogens (tertiary/aromatic N) is 5. The van der Waals surface area contributed by atoms with Gasteiger partial charge in [-0.3, -0.25) is 19.3 Å². The fraction of sp³-hybridized carbons (Fsp3) is 0.452. The van der Waals surface area contributed by atoms with Gasteiger partial charge in [0.05, 0.1) is 33.4 Å². The van der Waals surface area contributed by atoms with Gasteiger partial charge in [-0.15, -0.1) is 5.10 Å². The summed E-state index contributed by atoms with van der Waals surface area (Å²) in [5, 5.41) is 8.97. The van der Waals surface area contributed by atoms with Gasteiger partial charge in [-0.1, -0.05) is 61.3 Å². The van der Waals surface area contributed by atoms with E-state index in [2.05, 4.69) is 43.2 Å². The molecule has 42 heavy (non-hydrogen) atoms. The number of carbonyl (C=O) groups excluding carboxylic acids is 3. The average molecular weight is 613 g/mol. The van der Waals surface area contributed by atoms with Crippen molar-refractivity contribution in [1.29, 1.82) is 0 Å². The molecular formula is C31H35Cl2N5O4. The first kappa shape index (κ1) is 30.0. The number of hydrogen-bond acceptors (Lipinski definition) is 6. The molecular weight excluding hydrogens is 577 g/mol. The molecule has 1 saturated heterocycles. The summed E-state index contributed by atoms with van der Waals surface area (Å²) in [6.07, 6.45) is 3.33. The zero-order valence-electron chi connectivity index (χ0n) is 24.6. The molecule has 0 N–H and O–H groups in total. The molecule has 0 saturated carbocycles. The van der Waals surface area contributed by atoms with Crippen molar-refractivity contribution in [2.75, 3.05) is 6.54 Å². The van der Waals surface area contributed by atoms with Crippen LogP contribution in [0, 0.1) is 0 Å². The van der Waals surface area contributed by atoms with Gasteiger partial charge in [-0.25, -0.2) is 4.68 Å². The molecule has 11 heteroatoms. The van der Waals surface area contributed by atoms with Crippen LogP contribution in [0.15, 0.2) is 42.6 Å². The second-order valence-corrected chi connectivity index (χ2v) is 13.5. The van der Waals surface area contributed by atoms with Crippen LogP contribution in [0.4, 0.5) is 0 Å². The van der Waals surface area contributed by atoms with Crippen molar-refractivity contribution in [1.82, 2.24) is 24.8 Å². The fourth-order valence-corrected chi connectivity index (χ4v) is 5.84. The van der Waals surface area contributed by atoms with Gasteiger partial charge in [0.2, 0.25) is 5.91 Å². The number of carbonyl (C=O) groups is 3. The maximum atomic E-state index is 13.9. The molecule has 0 spiro atoms. The summed E-state index contributed by atoms with van der Waals surface area (Å²) in [6, 6.07) is 9.66. The molecule has 0 radical (unpaired) electrons. The smallest absolute Gasteiger partial charge is 0.262 e. The Morgan fingerprint density at radius 1 is 1.07 bits per heavy atom. The van der Waals surface area contributed by atoms with Crippen molar-refractivity contribution in [3.63, 3.8) is 0 Å². The quantitative estimate of drug-likeness (QED) is 0.313. The summed E-state index contributed by atoms with van der Waals surface area (Å²) in [7, 11) is 0. The Kier molecular flexibility index (Phi) is 7.87. The van der Waals surface area contributed by atoms with E-state index < -0.39 is 23.4 Å². The summed E-state index contributed by atoms with van der Waals surface area (Å²) in [6.45, 7) is 12.7. The highest BCUT2D eigenvalue weighted by atomic mass is 35.5. The third kappa shape index (κ3) is 5.64. The van der Waals surface area contributed by atoms with E-state index in [1.807, 2.05) is 32.2 Å². The number of piperidine rings is 1. The van der Waals surface area contributed by atoms with Gasteiger partial charge in [0.1, 0.15) is 24.1 Å². The highest BCUT2D eigenvalue weighted by Gasteiger charge is 2.46. The number of rotatable bonds is 6. The fourth-order valence-electron chi connectivity index (χ4n) is 5.51. The number of hydrogen-bond donors (Lipinski definition) is 0. The largest absolute Gasteiger partial charge is 0.487 e. The highest BCUT2D eigenvalue weighted by molar-refractivity contribution is 6.43. The van der Waals surface area contributed by atoms with Crippen LogP contribution in [-0.4, -0.2) is 60.6 Å². The molecule has 0 aliphatic carbocycles. The zero-order valence-corrected chi connectivity index (χ0v) is 26.2. The van der Waals surface area contributed by atoms with E-state index in [1.54, 1.807) is 16.5 Å². The predicted octanol–water partition coefficient (Wildman–Crippen LogP) is 6.09. The first-order valence-corrected chi connectivity index (χ1v) is 14.8. The molecule has 2 unspecified atom stereocenters. The Hall–Kier alpha value is -3.43. The van der Waals surface area contributed by atoms with Gasteiger partial charge >= 0.3 is 0 Å². The predicted molar refractivity (Wildman–Crippen MR) is 160 cm³/mol. The Morgan fingerprint density at radius 2 is 1.67 bits per heavy atom. The van der Waals surface area contributed by atoms with E-state index >= 15 is 0 Å². The first-order chi connectivity index (χ1) is 19.7. The summed E-state index contributed by atoms with van der Waals surface area (Å²) < 4.78 is 7.71. The van der Waals surface area contributed by atoms with Crippen molar-refractivity contribution in [2.45, 2.75) is 84.0 Å². The second kappa shape index (κ2) is 11.0. The van der Waals surface area contributed by atoms with E-state index in [9.17, 15) is 14.4 Å². The van der Waals surface area contributed by atoms with Gasteiger partial charge in [0.25, 0.3) is 11.8 Å². The van der Waals surface area contributed by atoms with Gasteiger partial charge in [-0.05, 0) is 68.9 Å². The molecule has 222 valence electrons. The van der Waals surface area contributed by atoms with Crippen molar-refractivity contribution in [3.05, 3.63) is 75.0 Å². The number of likely N-dealkylation sites (tertiary alicyclic amines) is 1. The minimum atomic E-state index is -1.02. The molecule has 3 aromatic rings. The number of ether oxygens (including phenoxy) is 1. The van der Waals surface area contributed by atoms with Crippen molar-refractivity contribution < 1.29 is 19.1 Å². The average Bonchev–Trinajstić information content (AvgIpc) is 3.49. The van der Waals surface area contributed by atoms with E-state index in [4.69, 9.17) is 27.9 Å². The van der Waals surface area contributed by atoms with Crippen LogP contribution in [0.3, 0.4) is 0 Å². The maximum Gasteiger partial charge on any atom is 0.262 e. The number of aromatic nitrogens is 3. The molecule has 2 aliphatic heterocycles. The molecule has 2 aliphatic rings. The van der Waals surface area contributed by atoms with Crippen LogP contribution in [-0.2, 0) is 16.8 Å². The highest BCUT2D eigenvalue weighted by Crippen LogP contribution is 2.36. The molecule has 1 aromatic heterocycles. The lowest BCUT2D eigenvalue weighted by molar-refractivity contribution is -0.143. The molecule has 1 fully saturated rings. The Balaban J connectivity index is 1.27. The number of fused-ring (bicyclic) bond motifs is 1. The van der Waals surface area contributed by atoms with Crippen LogP contribution in [0.25, 0.3) is 0 Å². The van der Waals surface area contributed by atoms with Gasteiger partial charge in [0, 0.05) is 12.1 Å². The minimum Gasteiger partial charge on any atom is -0.487 e. The molecule has 3 heterocycles. The number of halogens is 2. The van der Waals surface area contributed by atoms with Gasteiger partial charge < -0.3 is 9.64 Å². The van der Waals surface area contributed by atoms with Crippen LogP contribution in [0.1, 0.15) is 92.4 Å². The first-order valence-electron chi connectivity index (χ1n) is 14.0. The van der Waals surface area contributed by atoms with Crippen LogP contribution in [0.2, 0.25) is 10.0 Å². The molecule has 5 rings (SSSR count). The Morgan fingerprint density at radius 3 is 2.24 bits per heavy atom. The van der Waals surface area contributed by atoms with Crippen molar-refractivity contribution in [2.24, 2.45) is 0 Å². The normalized spacial score (nSPS) is 19.2. The number of imide groups is 1.